The van der Waals surface area contributed by atoms with Crippen molar-refractivity contribution in [2.75, 3.05) is 13.2 Å². The van der Waals surface area contributed by atoms with Gasteiger partial charge >= 0.3 is 17.9 Å². The van der Waals surface area contributed by atoms with Crippen molar-refractivity contribution in [3.8, 4) is 0 Å². The highest BCUT2D eigenvalue weighted by Gasteiger charge is 2.19. The number of carbonyl (C=O) groups is 3. The fraction of sp³-hybridized carbons (Fsp3) is 0.792. The van der Waals surface area contributed by atoms with Gasteiger partial charge in [0.2, 0.25) is 0 Å². The molecule has 0 fully saturated rings. The zero-order valence-electron chi connectivity index (χ0n) is 39.0. The van der Waals surface area contributed by atoms with E-state index in [1.165, 1.54) is 148 Å². The van der Waals surface area contributed by atoms with Crippen LogP contribution in [0, 0.1) is 0 Å². The van der Waals surface area contributed by atoms with E-state index in [0.717, 1.165) is 57.8 Å². The Kier molecular flexibility index (Phi) is 45.9. The van der Waals surface area contributed by atoms with Gasteiger partial charge in [0.25, 0.3) is 0 Å². The number of carbonyl (C=O) groups excluding carboxylic acids is 3. The normalized spacial score (nSPS) is 12.4. The lowest BCUT2D eigenvalue weighted by atomic mass is 10.1. The van der Waals surface area contributed by atoms with E-state index < -0.39 is 6.10 Å². The predicted molar refractivity (Wildman–Crippen MR) is 252 cm³/mol. The zero-order valence-corrected chi connectivity index (χ0v) is 39.0. The minimum Gasteiger partial charge on any atom is -0.462 e. The first-order chi connectivity index (χ1) is 29.0. The molecule has 0 N–H and O–H groups in total. The highest BCUT2D eigenvalue weighted by atomic mass is 16.6. The molecule has 6 heteroatoms. The summed E-state index contributed by atoms with van der Waals surface area (Å²) in [6.45, 7) is 6.53. The predicted octanol–water partition coefficient (Wildman–Crippen LogP) is 16.3. The van der Waals surface area contributed by atoms with E-state index in [0.29, 0.717) is 19.3 Å². The molecule has 0 aromatic heterocycles. The summed E-state index contributed by atoms with van der Waals surface area (Å²) in [5.74, 6) is -0.979. The Bertz CT molecular complexity index is 1040. The van der Waals surface area contributed by atoms with E-state index in [1.807, 2.05) is 6.08 Å². The van der Waals surface area contributed by atoms with Gasteiger partial charge in [0, 0.05) is 19.3 Å². The maximum atomic E-state index is 12.7. The van der Waals surface area contributed by atoms with E-state index in [-0.39, 0.29) is 37.5 Å². The van der Waals surface area contributed by atoms with E-state index in [4.69, 9.17) is 14.2 Å². The number of esters is 3. The molecule has 1 atom stereocenters. The first kappa shape index (κ1) is 56.4. The van der Waals surface area contributed by atoms with Gasteiger partial charge in [-0.15, -0.1) is 0 Å². The van der Waals surface area contributed by atoms with Crippen LogP contribution in [0.25, 0.3) is 0 Å². The Morgan fingerprint density at radius 1 is 0.339 bits per heavy atom. The maximum Gasteiger partial charge on any atom is 0.306 e. The quantitative estimate of drug-likeness (QED) is 0.0263. The van der Waals surface area contributed by atoms with Crippen LogP contribution in [0.15, 0.2) is 48.6 Å². The van der Waals surface area contributed by atoms with Gasteiger partial charge in [-0.1, -0.05) is 198 Å². The molecule has 0 rings (SSSR count). The van der Waals surface area contributed by atoms with Crippen molar-refractivity contribution in [2.24, 2.45) is 0 Å². The van der Waals surface area contributed by atoms with Gasteiger partial charge in [0.05, 0.1) is 0 Å². The summed E-state index contributed by atoms with van der Waals surface area (Å²) in [6.07, 6.45) is 56.8. The molecule has 0 amide bonds. The highest BCUT2D eigenvalue weighted by molar-refractivity contribution is 5.71. The molecule has 342 valence electrons. The Hall–Kier alpha value is -2.63. The number of hydrogen-bond donors (Lipinski definition) is 0. The first-order valence-electron chi connectivity index (χ1n) is 25.1. The molecule has 59 heavy (non-hydrogen) atoms. The average Bonchev–Trinajstić information content (AvgIpc) is 3.23. The molecule has 0 heterocycles. The number of rotatable bonds is 45. The molecule has 1 unspecified atom stereocenters. The van der Waals surface area contributed by atoms with Crippen molar-refractivity contribution in [3.63, 3.8) is 0 Å². The van der Waals surface area contributed by atoms with Crippen molar-refractivity contribution in [2.45, 2.75) is 258 Å². The van der Waals surface area contributed by atoms with Crippen LogP contribution in [-0.4, -0.2) is 37.2 Å². The number of ether oxygens (including phenoxy) is 3. The standard InChI is InChI=1S/C53H94O6/c1-4-7-10-13-16-19-22-24-25-26-27-29-31-34-37-40-43-46-52(55)58-49-50(48-57-51(54)45-42-39-36-33-30-21-18-15-12-9-6-3)59-53(56)47-44-41-38-35-32-28-23-20-17-14-11-8-5-2/h15,18,24-25,28,32,38,41,50H,4-14,16-17,19-23,26-27,29-31,33-37,39-40,42-49H2,1-3H3/b18-15-,25-24-,32-28-,41-38-. The second kappa shape index (κ2) is 48.0. The maximum absolute atomic E-state index is 12.7. The van der Waals surface area contributed by atoms with Crippen LogP contribution < -0.4 is 0 Å². The minimum atomic E-state index is -0.805. The topological polar surface area (TPSA) is 78.9 Å². The largest absolute Gasteiger partial charge is 0.462 e. The lowest BCUT2D eigenvalue weighted by Crippen LogP contribution is -2.30. The van der Waals surface area contributed by atoms with Gasteiger partial charge in [-0.3, -0.25) is 14.4 Å². The van der Waals surface area contributed by atoms with Gasteiger partial charge in [-0.25, -0.2) is 0 Å². The second-order valence-electron chi connectivity index (χ2n) is 16.7. The minimum absolute atomic E-state index is 0.0998. The Labute approximate surface area is 365 Å². The zero-order chi connectivity index (χ0) is 43.0. The van der Waals surface area contributed by atoms with E-state index in [9.17, 15) is 14.4 Å². The Morgan fingerprint density at radius 2 is 0.661 bits per heavy atom. The van der Waals surface area contributed by atoms with Gasteiger partial charge in [-0.2, -0.15) is 0 Å². The van der Waals surface area contributed by atoms with Crippen molar-refractivity contribution >= 4 is 17.9 Å². The average molecular weight is 827 g/mol. The summed E-state index contributed by atoms with van der Waals surface area (Å²) < 4.78 is 16.7. The number of hydrogen-bond acceptors (Lipinski definition) is 6. The van der Waals surface area contributed by atoms with Gasteiger partial charge < -0.3 is 14.2 Å². The molecule has 0 aliphatic rings. The van der Waals surface area contributed by atoms with Gasteiger partial charge in [0.15, 0.2) is 6.10 Å². The Morgan fingerprint density at radius 3 is 1.07 bits per heavy atom. The van der Waals surface area contributed by atoms with Crippen LogP contribution in [0.4, 0.5) is 0 Å². The van der Waals surface area contributed by atoms with Gasteiger partial charge in [0.1, 0.15) is 13.2 Å². The Balaban J connectivity index is 4.41. The fourth-order valence-corrected chi connectivity index (χ4v) is 6.94. The summed E-state index contributed by atoms with van der Waals surface area (Å²) in [5.41, 5.74) is 0. The lowest BCUT2D eigenvalue weighted by Gasteiger charge is -2.18. The monoisotopic (exact) mass is 827 g/mol. The third-order valence-electron chi connectivity index (χ3n) is 10.8. The van der Waals surface area contributed by atoms with Crippen LogP contribution in [0.5, 0.6) is 0 Å². The van der Waals surface area contributed by atoms with E-state index in [2.05, 4.69) is 63.3 Å². The SMILES string of the molecule is CCCC/C=C\CCCCCCCC(=O)OCC(COC(=O)CCCCCCCCC/C=C\CCCCCCCC)OC(=O)CC/C=C\C/C=C\CCCCCCCC. The van der Waals surface area contributed by atoms with Crippen LogP contribution >= 0.6 is 0 Å². The van der Waals surface area contributed by atoms with E-state index >= 15 is 0 Å². The van der Waals surface area contributed by atoms with Crippen molar-refractivity contribution in [1.82, 2.24) is 0 Å². The second-order valence-corrected chi connectivity index (χ2v) is 16.7. The molecule has 0 spiro atoms. The van der Waals surface area contributed by atoms with Crippen molar-refractivity contribution in [1.29, 1.82) is 0 Å². The molecular weight excluding hydrogens is 733 g/mol. The van der Waals surface area contributed by atoms with Crippen molar-refractivity contribution < 1.29 is 28.6 Å². The van der Waals surface area contributed by atoms with Gasteiger partial charge in [-0.05, 0) is 83.5 Å². The van der Waals surface area contributed by atoms with Crippen molar-refractivity contribution in [3.05, 3.63) is 48.6 Å². The summed E-state index contributed by atoms with van der Waals surface area (Å²) in [4.78, 5) is 37.8. The summed E-state index contributed by atoms with van der Waals surface area (Å²) in [6, 6.07) is 0. The van der Waals surface area contributed by atoms with Crippen LogP contribution in [0.3, 0.4) is 0 Å². The van der Waals surface area contributed by atoms with E-state index in [1.54, 1.807) is 0 Å². The summed E-state index contributed by atoms with van der Waals surface area (Å²) in [7, 11) is 0. The molecule has 6 nitrogen and oxygen atoms in total. The van der Waals surface area contributed by atoms with Crippen LogP contribution in [-0.2, 0) is 28.6 Å². The third-order valence-corrected chi connectivity index (χ3v) is 10.8. The molecule has 0 saturated heterocycles. The molecule has 0 radical (unpaired) electrons. The number of unbranched alkanes of at least 4 members (excludes halogenated alkanes) is 26. The third kappa shape index (κ3) is 46.3. The highest BCUT2D eigenvalue weighted by Crippen LogP contribution is 2.14. The molecular formula is C53H94O6. The fourth-order valence-electron chi connectivity index (χ4n) is 6.94. The molecule has 0 aromatic rings. The molecule has 0 aliphatic heterocycles. The smallest absolute Gasteiger partial charge is 0.306 e. The summed E-state index contributed by atoms with van der Waals surface area (Å²) in [5, 5.41) is 0. The number of allylic oxidation sites excluding steroid dienone is 8. The molecule has 0 saturated carbocycles. The molecule has 0 aliphatic carbocycles. The lowest BCUT2D eigenvalue weighted by molar-refractivity contribution is -0.166. The molecule has 0 aromatic carbocycles. The first-order valence-corrected chi connectivity index (χ1v) is 25.1. The van der Waals surface area contributed by atoms with Crippen LogP contribution in [0.2, 0.25) is 0 Å². The van der Waals surface area contributed by atoms with Crippen LogP contribution in [0.1, 0.15) is 252 Å². The summed E-state index contributed by atoms with van der Waals surface area (Å²) >= 11 is 0. The molecule has 0 bridgehead atoms.